The Hall–Kier alpha value is -0.660. The average molecular weight is 153 g/mol. The maximum atomic E-state index is 6.76. The van der Waals surface area contributed by atoms with Crippen LogP contribution in [0.25, 0.3) is 0 Å². The quantitative estimate of drug-likeness (QED) is 0.614. The van der Waals surface area contributed by atoms with E-state index in [1.165, 1.54) is 12.8 Å². The number of aliphatic imine (C=N–C) groups is 1. The topological polar surface area (TPSA) is 39.5 Å². The van der Waals surface area contributed by atoms with Crippen molar-refractivity contribution in [3.63, 3.8) is 0 Å². The Balaban J connectivity index is 2.45. The van der Waals surface area contributed by atoms with Crippen molar-refractivity contribution in [1.82, 2.24) is 4.90 Å². The molecule has 0 aromatic rings. The lowest BCUT2D eigenvalue weighted by molar-refractivity contribution is 0.245. The summed E-state index contributed by atoms with van der Waals surface area (Å²) < 4.78 is 0. The number of likely N-dealkylation sites (tertiary alicyclic amines) is 1. The summed E-state index contributed by atoms with van der Waals surface area (Å²) in [5.41, 5.74) is 0. The van der Waals surface area contributed by atoms with Gasteiger partial charge in [0, 0.05) is 13.1 Å². The number of nitrogens with one attached hydrogen (secondary N) is 1. The Morgan fingerprint density at radius 1 is 1.55 bits per heavy atom. The van der Waals surface area contributed by atoms with Crippen molar-refractivity contribution >= 4 is 6.01 Å². The first kappa shape index (κ1) is 8.44. The van der Waals surface area contributed by atoms with E-state index in [1.807, 2.05) is 0 Å². The zero-order valence-electron chi connectivity index (χ0n) is 7.01. The highest BCUT2D eigenvalue weighted by Crippen LogP contribution is 2.13. The number of hydrogen-bond acceptors (Lipinski definition) is 3. The highest BCUT2D eigenvalue weighted by atomic mass is 15.2. The fraction of sp³-hybridized carbons (Fsp3) is 0.875. The molecular weight excluding hydrogens is 138 g/mol. The van der Waals surface area contributed by atoms with Crippen LogP contribution in [0.1, 0.15) is 26.2 Å². The third-order valence-electron chi connectivity index (χ3n) is 2.14. The van der Waals surface area contributed by atoms with E-state index in [9.17, 15) is 0 Å². The molecule has 3 nitrogen and oxygen atoms in total. The van der Waals surface area contributed by atoms with Crippen LogP contribution in [0.15, 0.2) is 4.99 Å². The Bertz CT molecular complexity index is 155. The minimum absolute atomic E-state index is 0.218. The van der Waals surface area contributed by atoms with Crippen molar-refractivity contribution in [3.8, 4) is 0 Å². The largest absolute Gasteiger partial charge is 0.281 e. The van der Waals surface area contributed by atoms with Crippen LogP contribution in [0.2, 0.25) is 0 Å². The first-order valence-corrected chi connectivity index (χ1v) is 4.24. The summed E-state index contributed by atoms with van der Waals surface area (Å²) >= 11 is 0. The van der Waals surface area contributed by atoms with E-state index in [4.69, 9.17) is 5.41 Å². The van der Waals surface area contributed by atoms with Gasteiger partial charge >= 0.3 is 0 Å². The van der Waals surface area contributed by atoms with Gasteiger partial charge in [-0.2, -0.15) is 0 Å². The van der Waals surface area contributed by atoms with Gasteiger partial charge in [0.1, 0.15) is 6.17 Å². The van der Waals surface area contributed by atoms with Gasteiger partial charge in [0.25, 0.3) is 0 Å². The average Bonchev–Trinajstić information content (AvgIpc) is 2.52. The Labute approximate surface area is 67.6 Å². The van der Waals surface area contributed by atoms with Crippen molar-refractivity contribution < 1.29 is 0 Å². The summed E-state index contributed by atoms with van der Waals surface area (Å²) in [6.07, 6.45) is 3.77. The van der Waals surface area contributed by atoms with Gasteiger partial charge in [-0.15, -0.1) is 0 Å². The molecule has 0 bridgehead atoms. The Morgan fingerprint density at radius 3 is 2.64 bits per heavy atom. The van der Waals surface area contributed by atoms with Crippen molar-refractivity contribution in [1.29, 1.82) is 5.41 Å². The standard InChI is InChI=1S/C8H15N3/c1-2-8(10-7-9)11-5-3-4-6-11/h8-9H,2-6H2,1H3. The van der Waals surface area contributed by atoms with E-state index in [1.54, 1.807) is 0 Å². The van der Waals surface area contributed by atoms with Crippen molar-refractivity contribution in [2.75, 3.05) is 13.1 Å². The van der Waals surface area contributed by atoms with E-state index in [0.29, 0.717) is 0 Å². The second kappa shape index (κ2) is 4.27. The first-order valence-electron chi connectivity index (χ1n) is 4.24. The molecule has 1 N–H and O–H groups in total. The smallest absolute Gasteiger partial charge is 0.113 e. The molecule has 0 aromatic heterocycles. The molecule has 1 atom stereocenters. The van der Waals surface area contributed by atoms with Crippen LogP contribution in [0, 0.1) is 5.41 Å². The molecular formula is C8H15N3. The lowest BCUT2D eigenvalue weighted by Gasteiger charge is -2.20. The molecule has 3 heteroatoms. The van der Waals surface area contributed by atoms with Crippen LogP contribution >= 0.6 is 0 Å². The molecule has 0 radical (unpaired) electrons. The Kier molecular flexibility index (Phi) is 3.27. The van der Waals surface area contributed by atoms with E-state index in [0.717, 1.165) is 19.5 Å². The monoisotopic (exact) mass is 153 g/mol. The fourth-order valence-electron chi connectivity index (χ4n) is 1.55. The van der Waals surface area contributed by atoms with E-state index in [2.05, 4.69) is 22.8 Å². The van der Waals surface area contributed by atoms with Crippen molar-refractivity contribution in [3.05, 3.63) is 0 Å². The molecule has 1 rings (SSSR count). The van der Waals surface area contributed by atoms with E-state index < -0.39 is 0 Å². The van der Waals surface area contributed by atoms with Gasteiger partial charge in [-0.25, -0.2) is 10.4 Å². The van der Waals surface area contributed by atoms with Crippen LogP contribution in [-0.2, 0) is 0 Å². The highest BCUT2D eigenvalue weighted by Gasteiger charge is 2.18. The molecule has 1 heterocycles. The third-order valence-corrected chi connectivity index (χ3v) is 2.14. The molecule has 62 valence electrons. The summed E-state index contributed by atoms with van der Waals surface area (Å²) in [4.78, 5) is 6.29. The van der Waals surface area contributed by atoms with Gasteiger partial charge in [-0.05, 0) is 19.3 Å². The second-order valence-electron chi connectivity index (χ2n) is 2.87. The predicted molar refractivity (Wildman–Crippen MR) is 45.0 cm³/mol. The van der Waals surface area contributed by atoms with Crippen LogP contribution in [-0.4, -0.2) is 30.2 Å². The number of nitrogens with zero attached hydrogens (tertiary/aromatic N) is 2. The number of hydrogen-bond donors (Lipinski definition) is 1. The normalized spacial score (nSPS) is 21.2. The predicted octanol–water partition coefficient (Wildman–Crippen LogP) is 1.57. The molecule has 0 saturated carbocycles. The highest BCUT2D eigenvalue weighted by molar-refractivity contribution is 5.36. The SMILES string of the molecule is CCC(N=C=N)N1CCCC1. The maximum absolute atomic E-state index is 6.76. The van der Waals surface area contributed by atoms with Gasteiger partial charge in [0.2, 0.25) is 0 Å². The molecule has 0 aromatic carbocycles. The van der Waals surface area contributed by atoms with Crippen LogP contribution in [0.3, 0.4) is 0 Å². The lowest BCUT2D eigenvalue weighted by atomic mass is 10.3. The summed E-state index contributed by atoms with van der Waals surface area (Å²) in [6.45, 7) is 4.39. The fourth-order valence-corrected chi connectivity index (χ4v) is 1.55. The van der Waals surface area contributed by atoms with Crippen LogP contribution in [0.4, 0.5) is 0 Å². The summed E-state index contributed by atoms with van der Waals surface area (Å²) in [5, 5.41) is 6.76. The molecule has 1 aliphatic heterocycles. The molecule has 0 aliphatic carbocycles. The first-order chi connectivity index (χ1) is 5.38. The molecule has 1 aliphatic rings. The summed E-state index contributed by atoms with van der Waals surface area (Å²) in [5.74, 6) is 0. The van der Waals surface area contributed by atoms with Crippen LogP contribution < -0.4 is 0 Å². The minimum Gasteiger partial charge on any atom is -0.281 e. The van der Waals surface area contributed by atoms with Gasteiger partial charge in [-0.1, -0.05) is 6.92 Å². The zero-order valence-corrected chi connectivity index (χ0v) is 7.01. The van der Waals surface area contributed by atoms with E-state index in [-0.39, 0.29) is 6.17 Å². The molecule has 11 heavy (non-hydrogen) atoms. The van der Waals surface area contributed by atoms with Gasteiger partial charge in [0.15, 0.2) is 0 Å². The summed E-state index contributed by atoms with van der Waals surface area (Å²) in [7, 11) is 0. The number of rotatable bonds is 3. The summed E-state index contributed by atoms with van der Waals surface area (Å²) in [6, 6.07) is 2.13. The van der Waals surface area contributed by atoms with Crippen molar-refractivity contribution in [2.24, 2.45) is 4.99 Å². The molecule has 1 unspecified atom stereocenters. The zero-order chi connectivity index (χ0) is 8.10. The van der Waals surface area contributed by atoms with Crippen LogP contribution in [0.5, 0.6) is 0 Å². The maximum Gasteiger partial charge on any atom is 0.113 e. The molecule has 0 amide bonds. The Morgan fingerprint density at radius 2 is 2.18 bits per heavy atom. The van der Waals surface area contributed by atoms with Gasteiger partial charge < -0.3 is 0 Å². The third kappa shape index (κ3) is 2.14. The lowest BCUT2D eigenvalue weighted by Crippen LogP contribution is -2.30. The molecule has 1 saturated heterocycles. The molecule has 1 fully saturated rings. The second-order valence-corrected chi connectivity index (χ2v) is 2.87. The van der Waals surface area contributed by atoms with Gasteiger partial charge in [0.05, 0.1) is 6.01 Å². The van der Waals surface area contributed by atoms with Crippen molar-refractivity contribution in [2.45, 2.75) is 32.4 Å². The van der Waals surface area contributed by atoms with E-state index >= 15 is 0 Å². The molecule has 0 spiro atoms. The van der Waals surface area contributed by atoms with Gasteiger partial charge in [-0.3, -0.25) is 4.90 Å². The minimum atomic E-state index is 0.218.